The van der Waals surface area contributed by atoms with Crippen LogP contribution in [0.4, 0.5) is 0 Å². The first-order valence-electron chi connectivity index (χ1n) is 5.31. The van der Waals surface area contributed by atoms with E-state index in [1.807, 2.05) is 25.2 Å². The van der Waals surface area contributed by atoms with Crippen molar-refractivity contribution in [1.29, 1.82) is 0 Å². The SMILES string of the molecule is COc1cnn(C)c1C(N)c1ccc(Br)cc1Br. The highest BCUT2D eigenvalue weighted by Crippen LogP contribution is 2.32. The summed E-state index contributed by atoms with van der Waals surface area (Å²) in [7, 11) is 3.47. The van der Waals surface area contributed by atoms with Gasteiger partial charge >= 0.3 is 0 Å². The number of hydrogen-bond donors (Lipinski definition) is 1. The molecule has 1 atom stereocenters. The smallest absolute Gasteiger partial charge is 0.161 e. The lowest BCUT2D eigenvalue weighted by atomic mass is 10.0. The van der Waals surface area contributed by atoms with Crippen LogP contribution < -0.4 is 10.5 Å². The molecular weight excluding hydrogens is 362 g/mol. The number of rotatable bonds is 3. The molecule has 1 unspecified atom stereocenters. The normalized spacial score (nSPS) is 12.5. The van der Waals surface area contributed by atoms with E-state index in [2.05, 4.69) is 37.0 Å². The molecule has 1 aromatic heterocycles. The molecule has 4 nitrogen and oxygen atoms in total. The van der Waals surface area contributed by atoms with E-state index in [0.717, 1.165) is 20.2 Å². The first-order valence-corrected chi connectivity index (χ1v) is 6.89. The van der Waals surface area contributed by atoms with Crippen LogP contribution in [0.3, 0.4) is 0 Å². The van der Waals surface area contributed by atoms with E-state index in [9.17, 15) is 0 Å². The summed E-state index contributed by atoms with van der Waals surface area (Å²) in [6.45, 7) is 0. The van der Waals surface area contributed by atoms with Crippen LogP contribution in [0, 0.1) is 0 Å². The van der Waals surface area contributed by atoms with Crippen LogP contribution in [-0.4, -0.2) is 16.9 Å². The molecule has 1 aromatic carbocycles. The molecule has 0 fully saturated rings. The van der Waals surface area contributed by atoms with Gasteiger partial charge in [-0.1, -0.05) is 37.9 Å². The molecular formula is C12H13Br2N3O. The Labute approximate surface area is 122 Å². The molecule has 6 heteroatoms. The number of methoxy groups -OCH3 is 1. The van der Waals surface area contributed by atoms with Gasteiger partial charge in [-0.15, -0.1) is 0 Å². The number of nitrogens with zero attached hydrogens (tertiary/aromatic N) is 2. The molecule has 0 amide bonds. The van der Waals surface area contributed by atoms with Crippen LogP contribution in [0.1, 0.15) is 17.3 Å². The third-order valence-corrected chi connectivity index (χ3v) is 3.94. The number of ether oxygens (including phenoxy) is 1. The van der Waals surface area contributed by atoms with Crippen molar-refractivity contribution in [1.82, 2.24) is 9.78 Å². The van der Waals surface area contributed by atoms with Crippen molar-refractivity contribution in [2.24, 2.45) is 12.8 Å². The molecule has 0 aliphatic heterocycles. The third kappa shape index (κ3) is 2.46. The first-order chi connectivity index (χ1) is 8.54. The maximum atomic E-state index is 6.30. The molecule has 0 saturated heterocycles. The Morgan fingerprint density at radius 3 is 2.72 bits per heavy atom. The van der Waals surface area contributed by atoms with Gasteiger partial charge in [0.05, 0.1) is 19.3 Å². The lowest BCUT2D eigenvalue weighted by Crippen LogP contribution is -2.17. The molecule has 0 bridgehead atoms. The van der Waals surface area contributed by atoms with Gasteiger partial charge in [-0.3, -0.25) is 4.68 Å². The van der Waals surface area contributed by atoms with Gasteiger partial charge in [0.1, 0.15) is 5.69 Å². The zero-order valence-corrected chi connectivity index (χ0v) is 13.2. The van der Waals surface area contributed by atoms with Gasteiger partial charge in [0.2, 0.25) is 0 Å². The molecule has 18 heavy (non-hydrogen) atoms. The van der Waals surface area contributed by atoms with E-state index in [-0.39, 0.29) is 6.04 Å². The topological polar surface area (TPSA) is 53.1 Å². The maximum Gasteiger partial charge on any atom is 0.161 e. The minimum Gasteiger partial charge on any atom is -0.493 e. The van der Waals surface area contributed by atoms with Crippen molar-refractivity contribution >= 4 is 31.9 Å². The number of halogens is 2. The second kappa shape index (κ2) is 5.42. The average molecular weight is 375 g/mol. The zero-order chi connectivity index (χ0) is 13.3. The molecule has 0 spiro atoms. The summed E-state index contributed by atoms with van der Waals surface area (Å²) in [5.41, 5.74) is 8.14. The van der Waals surface area contributed by atoms with Gasteiger partial charge in [-0.05, 0) is 17.7 Å². The predicted molar refractivity (Wildman–Crippen MR) is 77.6 cm³/mol. The highest BCUT2D eigenvalue weighted by atomic mass is 79.9. The van der Waals surface area contributed by atoms with Crippen LogP contribution in [0.2, 0.25) is 0 Å². The van der Waals surface area contributed by atoms with Crippen molar-refractivity contribution < 1.29 is 4.74 Å². The Morgan fingerprint density at radius 1 is 1.39 bits per heavy atom. The van der Waals surface area contributed by atoms with E-state index in [1.165, 1.54) is 0 Å². The molecule has 1 heterocycles. The van der Waals surface area contributed by atoms with E-state index in [1.54, 1.807) is 18.0 Å². The second-order valence-corrected chi connectivity index (χ2v) is 5.64. The molecule has 2 aromatic rings. The van der Waals surface area contributed by atoms with Gasteiger partial charge in [-0.25, -0.2) is 0 Å². The zero-order valence-electron chi connectivity index (χ0n) is 10.0. The van der Waals surface area contributed by atoms with Crippen LogP contribution in [0.25, 0.3) is 0 Å². The summed E-state index contributed by atoms with van der Waals surface area (Å²) in [4.78, 5) is 0. The predicted octanol–water partition coefficient (Wildman–Crippen LogP) is 3.00. The van der Waals surface area contributed by atoms with Crippen LogP contribution >= 0.6 is 31.9 Å². The van der Waals surface area contributed by atoms with Crippen molar-refractivity contribution in [2.75, 3.05) is 7.11 Å². The summed E-state index contributed by atoms with van der Waals surface area (Å²) in [5.74, 6) is 0.694. The largest absolute Gasteiger partial charge is 0.493 e. The van der Waals surface area contributed by atoms with Crippen LogP contribution in [0.5, 0.6) is 5.75 Å². The van der Waals surface area contributed by atoms with Gasteiger partial charge in [-0.2, -0.15) is 5.10 Å². The lowest BCUT2D eigenvalue weighted by molar-refractivity contribution is 0.406. The average Bonchev–Trinajstić information content (AvgIpc) is 2.69. The minimum absolute atomic E-state index is 0.296. The fraction of sp³-hybridized carbons (Fsp3) is 0.250. The molecule has 0 radical (unpaired) electrons. The number of benzene rings is 1. The van der Waals surface area contributed by atoms with Crippen LogP contribution in [-0.2, 0) is 7.05 Å². The Bertz CT molecular complexity index is 568. The van der Waals surface area contributed by atoms with Gasteiger partial charge < -0.3 is 10.5 Å². The Balaban J connectivity index is 2.47. The number of aromatic nitrogens is 2. The van der Waals surface area contributed by atoms with E-state index in [0.29, 0.717) is 5.75 Å². The first kappa shape index (κ1) is 13.6. The van der Waals surface area contributed by atoms with Crippen molar-refractivity contribution in [3.05, 3.63) is 44.6 Å². The molecule has 0 saturated carbocycles. The highest BCUT2D eigenvalue weighted by molar-refractivity contribution is 9.11. The monoisotopic (exact) mass is 373 g/mol. The van der Waals surface area contributed by atoms with E-state index >= 15 is 0 Å². The molecule has 2 rings (SSSR count). The van der Waals surface area contributed by atoms with Crippen molar-refractivity contribution in [3.8, 4) is 5.75 Å². The van der Waals surface area contributed by atoms with Gasteiger partial charge in [0, 0.05) is 16.0 Å². The maximum absolute atomic E-state index is 6.30. The summed E-state index contributed by atoms with van der Waals surface area (Å²) in [5, 5.41) is 4.17. The summed E-state index contributed by atoms with van der Waals surface area (Å²) < 4.78 is 8.97. The summed E-state index contributed by atoms with van der Waals surface area (Å²) in [6, 6.07) is 5.61. The minimum atomic E-state index is -0.296. The Morgan fingerprint density at radius 2 is 2.11 bits per heavy atom. The Hall–Kier alpha value is -0.850. The molecule has 96 valence electrons. The summed E-state index contributed by atoms with van der Waals surface area (Å²) >= 11 is 6.95. The quantitative estimate of drug-likeness (QED) is 0.898. The van der Waals surface area contributed by atoms with Gasteiger partial charge in [0.15, 0.2) is 5.75 Å². The highest BCUT2D eigenvalue weighted by Gasteiger charge is 2.20. The fourth-order valence-corrected chi connectivity index (χ4v) is 3.13. The number of aryl methyl sites for hydroxylation is 1. The van der Waals surface area contributed by atoms with Crippen LogP contribution in [0.15, 0.2) is 33.3 Å². The van der Waals surface area contributed by atoms with Crippen molar-refractivity contribution in [2.45, 2.75) is 6.04 Å². The fourth-order valence-electron chi connectivity index (χ4n) is 1.84. The molecule has 0 aliphatic carbocycles. The lowest BCUT2D eigenvalue weighted by Gasteiger charge is -2.16. The standard InChI is InChI=1S/C12H13Br2N3O/c1-17-12(10(18-2)6-16-17)11(15)8-4-3-7(13)5-9(8)14/h3-6,11H,15H2,1-2H3. The van der Waals surface area contributed by atoms with Gasteiger partial charge in [0.25, 0.3) is 0 Å². The number of hydrogen-bond acceptors (Lipinski definition) is 3. The summed E-state index contributed by atoms with van der Waals surface area (Å²) in [6.07, 6.45) is 1.67. The van der Waals surface area contributed by atoms with E-state index in [4.69, 9.17) is 10.5 Å². The molecule has 2 N–H and O–H groups in total. The number of nitrogens with two attached hydrogens (primary N) is 1. The second-order valence-electron chi connectivity index (χ2n) is 3.87. The molecule has 0 aliphatic rings. The Kier molecular flexibility index (Phi) is 4.09. The van der Waals surface area contributed by atoms with Crippen molar-refractivity contribution in [3.63, 3.8) is 0 Å². The van der Waals surface area contributed by atoms with E-state index < -0.39 is 0 Å². The third-order valence-electron chi connectivity index (χ3n) is 2.76.